The van der Waals surface area contributed by atoms with Gasteiger partial charge in [-0.15, -0.1) is 0 Å². The first-order chi connectivity index (χ1) is 13.7. The number of hydrogen-bond donors (Lipinski definition) is 1. The summed E-state index contributed by atoms with van der Waals surface area (Å²) in [6.07, 6.45) is 1.07. The molecule has 1 aliphatic rings. The number of rotatable bonds is 6. The third kappa shape index (κ3) is 5.81. The van der Waals surface area contributed by atoms with E-state index in [0.717, 1.165) is 5.56 Å². The van der Waals surface area contributed by atoms with Gasteiger partial charge in [-0.2, -0.15) is 0 Å². The van der Waals surface area contributed by atoms with Crippen LogP contribution in [-0.4, -0.2) is 31.7 Å². The summed E-state index contributed by atoms with van der Waals surface area (Å²) in [5, 5.41) is 3.65. The number of nitrogens with zero attached hydrogens (tertiary/aromatic N) is 1. The van der Waals surface area contributed by atoms with E-state index >= 15 is 0 Å². The Labute approximate surface area is 178 Å². The van der Waals surface area contributed by atoms with Gasteiger partial charge in [0, 0.05) is 24.0 Å². The van der Waals surface area contributed by atoms with Gasteiger partial charge in [0.15, 0.2) is 0 Å². The second-order valence-corrected chi connectivity index (χ2v) is 10.1. The topological polar surface area (TPSA) is 66.5 Å². The number of amides is 1. The zero-order chi connectivity index (χ0) is 21.0. The largest absolute Gasteiger partial charge is 0.349 e. The third-order valence-electron chi connectivity index (χ3n) is 5.42. The molecule has 2 aromatic carbocycles. The van der Waals surface area contributed by atoms with Crippen LogP contribution in [0.15, 0.2) is 48.5 Å². The number of piperidine rings is 1. The molecule has 3 rings (SSSR count). The Morgan fingerprint density at radius 3 is 2.28 bits per heavy atom. The zero-order valence-corrected chi connectivity index (χ0v) is 18.3. The minimum atomic E-state index is -3.41. The molecule has 0 spiro atoms. The summed E-state index contributed by atoms with van der Waals surface area (Å²) in [4.78, 5) is 12.6. The van der Waals surface area contributed by atoms with Gasteiger partial charge in [0.2, 0.25) is 15.9 Å². The number of aryl methyl sites for hydroxylation is 1. The lowest BCUT2D eigenvalue weighted by Gasteiger charge is -2.31. The molecule has 5 nitrogen and oxygen atoms in total. The van der Waals surface area contributed by atoms with E-state index in [1.165, 1.54) is 9.87 Å². The molecule has 1 atom stereocenters. The SMILES string of the molecule is Cc1ccc(C(C)NC(=O)C2CCN(S(=O)(=O)Cc3ccc(Cl)cc3)CC2)cc1. The third-order valence-corrected chi connectivity index (χ3v) is 7.52. The number of benzene rings is 2. The number of carbonyl (C=O) groups is 1. The van der Waals surface area contributed by atoms with Crippen molar-refractivity contribution in [3.05, 3.63) is 70.2 Å². The summed E-state index contributed by atoms with van der Waals surface area (Å²) in [6.45, 7) is 4.73. The average molecular weight is 435 g/mol. The Hall–Kier alpha value is -1.89. The van der Waals surface area contributed by atoms with Crippen LogP contribution < -0.4 is 5.32 Å². The highest BCUT2D eigenvalue weighted by molar-refractivity contribution is 7.88. The lowest BCUT2D eigenvalue weighted by molar-refractivity contribution is -0.126. The minimum absolute atomic E-state index is 0.00664. The summed E-state index contributed by atoms with van der Waals surface area (Å²) >= 11 is 5.86. The average Bonchev–Trinajstić information content (AvgIpc) is 2.70. The van der Waals surface area contributed by atoms with Crippen molar-refractivity contribution in [1.82, 2.24) is 9.62 Å². The van der Waals surface area contributed by atoms with Crippen LogP contribution in [0.5, 0.6) is 0 Å². The molecule has 29 heavy (non-hydrogen) atoms. The fraction of sp³-hybridized carbons (Fsp3) is 0.409. The van der Waals surface area contributed by atoms with Gasteiger partial charge in [-0.3, -0.25) is 4.79 Å². The quantitative estimate of drug-likeness (QED) is 0.745. The first-order valence-electron chi connectivity index (χ1n) is 9.84. The van der Waals surface area contributed by atoms with E-state index in [2.05, 4.69) is 5.32 Å². The summed E-state index contributed by atoms with van der Waals surface area (Å²) in [6, 6.07) is 14.9. The molecule has 1 amide bonds. The monoisotopic (exact) mass is 434 g/mol. The molecule has 1 heterocycles. The Morgan fingerprint density at radius 2 is 1.69 bits per heavy atom. The number of sulfonamides is 1. The van der Waals surface area contributed by atoms with Gasteiger partial charge in [0.1, 0.15) is 0 Å². The van der Waals surface area contributed by atoms with E-state index in [9.17, 15) is 13.2 Å². The van der Waals surface area contributed by atoms with Gasteiger partial charge in [0.05, 0.1) is 11.8 Å². The molecule has 0 aromatic heterocycles. The van der Waals surface area contributed by atoms with Crippen molar-refractivity contribution in [3.8, 4) is 0 Å². The van der Waals surface area contributed by atoms with Crippen LogP contribution in [0.4, 0.5) is 0 Å². The second-order valence-electron chi connectivity index (χ2n) is 7.70. The molecule has 0 bridgehead atoms. The first-order valence-corrected chi connectivity index (χ1v) is 11.8. The predicted molar refractivity (Wildman–Crippen MR) is 116 cm³/mol. The smallest absolute Gasteiger partial charge is 0.223 e. The van der Waals surface area contributed by atoms with Gasteiger partial charge in [-0.05, 0) is 49.9 Å². The number of carbonyl (C=O) groups excluding carboxylic acids is 1. The molecule has 0 radical (unpaired) electrons. The zero-order valence-electron chi connectivity index (χ0n) is 16.8. The summed E-state index contributed by atoms with van der Waals surface area (Å²) in [5.41, 5.74) is 2.95. The van der Waals surface area contributed by atoms with Gasteiger partial charge in [0.25, 0.3) is 0 Å². The van der Waals surface area contributed by atoms with Crippen LogP contribution in [0.2, 0.25) is 5.02 Å². The van der Waals surface area contributed by atoms with Crippen molar-refractivity contribution in [2.45, 2.75) is 38.5 Å². The number of halogens is 1. The second kappa shape index (κ2) is 9.28. The lowest BCUT2D eigenvalue weighted by atomic mass is 9.96. The van der Waals surface area contributed by atoms with Gasteiger partial charge in [-0.25, -0.2) is 12.7 Å². The highest BCUT2D eigenvalue weighted by Crippen LogP contribution is 2.23. The molecule has 0 saturated carbocycles. The Kier molecular flexibility index (Phi) is 6.98. The maximum absolute atomic E-state index is 12.7. The van der Waals surface area contributed by atoms with Gasteiger partial charge < -0.3 is 5.32 Å². The van der Waals surface area contributed by atoms with E-state index in [0.29, 0.717) is 36.5 Å². The normalized spacial score (nSPS) is 17.1. The predicted octanol–water partition coefficient (Wildman–Crippen LogP) is 4.07. The van der Waals surface area contributed by atoms with Crippen LogP contribution in [-0.2, 0) is 20.6 Å². The molecule has 1 N–H and O–H groups in total. The van der Waals surface area contributed by atoms with Crippen LogP contribution in [0, 0.1) is 12.8 Å². The van der Waals surface area contributed by atoms with Crippen molar-refractivity contribution in [2.75, 3.05) is 13.1 Å². The van der Waals surface area contributed by atoms with Crippen molar-refractivity contribution < 1.29 is 13.2 Å². The molecular weight excluding hydrogens is 408 g/mol. The molecule has 7 heteroatoms. The van der Waals surface area contributed by atoms with E-state index in [1.54, 1.807) is 24.3 Å². The van der Waals surface area contributed by atoms with E-state index in [-0.39, 0.29) is 23.6 Å². The van der Waals surface area contributed by atoms with Crippen LogP contribution in [0.1, 0.15) is 42.5 Å². The van der Waals surface area contributed by atoms with Crippen LogP contribution in [0.3, 0.4) is 0 Å². The molecule has 156 valence electrons. The molecule has 1 saturated heterocycles. The maximum Gasteiger partial charge on any atom is 0.223 e. The van der Waals surface area contributed by atoms with E-state index in [4.69, 9.17) is 11.6 Å². The standard InChI is InChI=1S/C22H27ClN2O3S/c1-16-3-7-19(8-4-16)17(2)24-22(26)20-11-13-25(14-12-20)29(27,28)15-18-5-9-21(23)10-6-18/h3-10,17,20H,11-15H2,1-2H3,(H,24,26). The minimum Gasteiger partial charge on any atom is -0.349 e. The molecule has 2 aromatic rings. The summed E-state index contributed by atoms with van der Waals surface area (Å²) < 4.78 is 26.9. The molecule has 0 aliphatic carbocycles. The highest BCUT2D eigenvalue weighted by atomic mass is 35.5. The molecule has 1 unspecified atom stereocenters. The summed E-state index contributed by atoms with van der Waals surface area (Å²) in [7, 11) is -3.41. The fourth-order valence-electron chi connectivity index (χ4n) is 3.55. The van der Waals surface area contributed by atoms with E-state index in [1.807, 2.05) is 38.1 Å². The van der Waals surface area contributed by atoms with E-state index < -0.39 is 10.0 Å². The van der Waals surface area contributed by atoms with Gasteiger partial charge in [-0.1, -0.05) is 53.6 Å². The van der Waals surface area contributed by atoms with Crippen molar-refractivity contribution in [2.24, 2.45) is 5.92 Å². The maximum atomic E-state index is 12.7. The van der Waals surface area contributed by atoms with Crippen molar-refractivity contribution >= 4 is 27.5 Å². The lowest BCUT2D eigenvalue weighted by Crippen LogP contribution is -2.43. The molecule has 1 fully saturated rings. The Bertz CT molecular complexity index is 935. The highest BCUT2D eigenvalue weighted by Gasteiger charge is 2.31. The molecule has 1 aliphatic heterocycles. The number of hydrogen-bond acceptors (Lipinski definition) is 3. The number of nitrogens with one attached hydrogen (secondary N) is 1. The van der Waals surface area contributed by atoms with Crippen molar-refractivity contribution in [1.29, 1.82) is 0 Å². The molecular formula is C22H27ClN2O3S. The fourth-order valence-corrected chi connectivity index (χ4v) is 5.24. The summed E-state index contributed by atoms with van der Waals surface area (Å²) in [5.74, 6) is -0.219. The van der Waals surface area contributed by atoms with Crippen molar-refractivity contribution in [3.63, 3.8) is 0 Å². The Balaban J connectivity index is 1.53. The first kappa shape index (κ1) is 21.8. The van der Waals surface area contributed by atoms with Crippen LogP contribution in [0.25, 0.3) is 0 Å². The van der Waals surface area contributed by atoms with Gasteiger partial charge >= 0.3 is 0 Å². The van der Waals surface area contributed by atoms with Crippen LogP contribution >= 0.6 is 11.6 Å². The Morgan fingerprint density at radius 1 is 1.10 bits per heavy atom.